The van der Waals surface area contributed by atoms with Crippen LogP contribution in [0.5, 0.6) is 0 Å². The molecule has 0 aliphatic heterocycles. The Morgan fingerprint density at radius 3 is 1.26 bits per heavy atom. The molecule has 5 heteroatoms. The maximum Gasteiger partial charge on any atom is -0.172 e. The standard InChI is InChI=1S/C23H29.C13H8I2.C5H5.2ClH.Zr/c1-14-9-16-11-17-10-15(2)21(23(6,7)8)13-19(17)18(16)12-20(14)22(3,4)5;14-12-5-1-10(2-6-12)9-11-3-7-13(15)8-4-11;1-2-4-5-3-1;;;/h9-13H,1-8H3;1-8H;1-5H;2*1H;/q-1;;-1;;;+2/p-2. The molecule has 240 valence electrons. The molecule has 0 spiro atoms. The maximum atomic E-state index is 6.31. The van der Waals surface area contributed by atoms with Crippen LogP contribution >= 0.6 is 62.2 Å². The Hall–Kier alpha value is -1.11. The van der Waals surface area contributed by atoms with Crippen LogP contribution in [0.25, 0.3) is 21.5 Å². The fourth-order valence-electron chi connectivity index (χ4n) is 5.89. The normalized spacial score (nSPS) is 11.5. The van der Waals surface area contributed by atoms with Crippen LogP contribution in [-0.2, 0) is 29.7 Å². The second kappa shape index (κ2) is 16.1. The minimum atomic E-state index is -2.49. The van der Waals surface area contributed by atoms with Gasteiger partial charge in [0.25, 0.3) is 0 Å². The third-order valence-corrected chi connectivity index (χ3v) is 14.0. The summed E-state index contributed by atoms with van der Waals surface area (Å²) in [6.45, 7) is 18.3. The number of hydrogen-bond donors (Lipinski definition) is 0. The van der Waals surface area contributed by atoms with Gasteiger partial charge >= 0.3 is 151 Å². The number of fused-ring (bicyclic) bond motifs is 3. The minimum Gasteiger partial charge on any atom is -0.214 e. The van der Waals surface area contributed by atoms with Crippen molar-refractivity contribution in [2.75, 3.05) is 0 Å². The van der Waals surface area contributed by atoms with Crippen molar-refractivity contribution in [3.63, 3.8) is 0 Å². The van der Waals surface area contributed by atoms with E-state index in [1.807, 2.05) is 30.3 Å². The Labute approximate surface area is 318 Å². The van der Waals surface area contributed by atoms with Gasteiger partial charge in [-0.05, 0) is 24.7 Å². The van der Waals surface area contributed by atoms with Gasteiger partial charge in [-0.15, -0.1) is 39.7 Å². The van der Waals surface area contributed by atoms with Crippen molar-refractivity contribution >= 4 is 87.0 Å². The molecular weight excluding hydrogens is 908 g/mol. The van der Waals surface area contributed by atoms with Gasteiger partial charge < -0.3 is 0 Å². The largest absolute Gasteiger partial charge is 0.214 e. The van der Waals surface area contributed by atoms with E-state index in [2.05, 4.69) is 179 Å². The van der Waals surface area contributed by atoms with Crippen molar-refractivity contribution in [2.45, 2.75) is 66.2 Å². The van der Waals surface area contributed by atoms with E-state index < -0.39 is 18.9 Å². The second-order valence-corrected chi connectivity index (χ2v) is 24.4. The van der Waals surface area contributed by atoms with Crippen LogP contribution in [0.2, 0.25) is 0 Å². The molecule has 0 radical (unpaired) electrons. The zero-order chi connectivity index (χ0) is 33.8. The topological polar surface area (TPSA) is 0 Å². The summed E-state index contributed by atoms with van der Waals surface area (Å²) in [7, 11) is 12.6. The molecule has 0 aliphatic rings. The van der Waals surface area contributed by atoms with E-state index in [0.29, 0.717) is 0 Å². The summed E-state index contributed by atoms with van der Waals surface area (Å²) >= 11 is 2.11. The molecule has 0 amide bonds. The first-order valence-corrected chi connectivity index (χ1v) is 25.2. The molecule has 0 nitrogen and oxygen atoms in total. The van der Waals surface area contributed by atoms with Gasteiger partial charge in [-0.1, -0.05) is 75.9 Å². The molecule has 0 atom stereocenters. The smallest absolute Gasteiger partial charge is 0.172 e. The van der Waals surface area contributed by atoms with Crippen molar-refractivity contribution < 1.29 is 18.9 Å². The average Bonchev–Trinajstić information content (AvgIpc) is 3.65. The van der Waals surface area contributed by atoms with Crippen LogP contribution in [0, 0.1) is 21.0 Å². The first-order valence-electron chi connectivity index (χ1n) is 15.5. The van der Waals surface area contributed by atoms with E-state index in [4.69, 9.17) is 17.0 Å². The van der Waals surface area contributed by atoms with Gasteiger partial charge in [0.15, 0.2) is 0 Å². The van der Waals surface area contributed by atoms with Crippen molar-refractivity contribution in [3.05, 3.63) is 150 Å². The Morgan fingerprint density at radius 2 is 0.978 bits per heavy atom. The second-order valence-electron chi connectivity index (χ2n) is 13.8. The van der Waals surface area contributed by atoms with E-state index in [1.54, 1.807) is 0 Å². The molecule has 0 saturated carbocycles. The minimum absolute atomic E-state index is 0.180. The zero-order valence-corrected chi connectivity index (χ0v) is 36.2. The van der Waals surface area contributed by atoms with E-state index in [9.17, 15) is 0 Å². The fourth-order valence-corrected chi connectivity index (χ4v) is 11.1. The number of rotatable bonds is 2. The molecule has 6 aromatic carbocycles. The number of benzene rings is 4. The third kappa shape index (κ3) is 9.74. The molecular formula is C41H42Cl2I2Zr-2. The molecule has 0 fully saturated rings. The molecule has 46 heavy (non-hydrogen) atoms. The molecule has 6 rings (SSSR count). The van der Waals surface area contributed by atoms with Gasteiger partial charge in [-0.3, -0.25) is 0 Å². The van der Waals surface area contributed by atoms with Gasteiger partial charge in [-0.2, -0.15) is 18.2 Å². The van der Waals surface area contributed by atoms with Gasteiger partial charge in [0.2, 0.25) is 0 Å². The third-order valence-electron chi connectivity index (χ3n) is 8.02. The Morgan fingerprint density at radius 1 is 0.609 bits per heavy atom. The molecule has 0 aliphatic carbocycles. The van der Waals surface area contributed by atoms with Crippen LogP contribution in [0.15, 0.2) is 109 Å². The summed E-state index contributed by atoms with van der Waals surface area (Å²) < 4.78 is 3.58. The van der Waals surface area contributed by atoms with Crippen molar-refractivity contribution in [2.24, 2.45) is 0 Å². The summed E-state index contributed by atoms with van der Waals surface area (Å²) in [6, 6.07) is 38.7. The first kappa shape index (κ1) is 37.7. The number of aryl methyl sites for hydroxylation is 2. The van der Waals surface area contributed by atoms with Gasteiger partial charge in [0, 0.05) is 0 Å². The van der Waals surface area contributed by atoms with Crippen molar-refractivity contribution in [1.29, 1.82) is 0 Å². The summed E-state index contributed by atoms with van der Waals surface area (Å²) in [5.74, 6) is 0. The predicted octanol–water partition coefficient (Wildman–Crippen LogP) is 13.7. The van der Waals surface area contributed by atoms with E-state index in [0.717, 1.165) is 14.3 Å². The van der Waals surface area contributed by atoms with Crippen molar-refractivity contribution in [3.8, 4) is 0 Å². The molecule has 6 aromatic rings. The average molecular weight is 951 g/mol. The number of hydrogen-bond acceptors (Lipinski definition) is 0. The van der Waals surface area contributed by atoms with Crippen molar-refractivity contribution in [1.82, 2.24) is 0 Å². The zero-order valence-electron chi connectivity index (χ0n) is 27.9. The number of halogens is 4. The molecule has 0 heterocycles. The van der Waals surface area contributed by atoms with E-state index in [1.165, 1.54) is 50.9 Å². The molecule has 0 saturated heterocycles. The van der Waals surface area contributed by atoms with Crippen LogP contribution in [-0.4, -0.2) is 3.21 Å². The summed E-state index contributed by atoms with van der Waals surface area (Å²) in [5, 5.41) is 5.55. The molecule has 0 bridgehead atoms. The summed E-state index contributed by atoms with van der Waals surface area (Å²) in [4.78, 5) is 0. The SMILES string of the molecule is Cc1cc2[cH-]c3cc(C)c(C(C)(C)C)cc3c2cc1C(C)(C)C.[Cl][Zr]([Cl])=[C](c1ccc(I)cc1)c1ccc(I)cc1.c1cc[cH-]c1. The van der Waals surface area contributed by atoms with Crippen LogP contribution < -0.4 is 0 Å². The fraction of sp³-hybridized carbons (Fsp3) is 0.244. The monoisotopic (exact) mass is 948 g/mol. The van der Waals surface area contributed by atoms with Gasteiger partial charge in [-0.25, -0.2) is 12.1 Å². The maximum absolute atomic E-state index is 6.31. The van der Waals surface area contributed by atoms with Crippen LogP contribution in [0.1, 0.15) is 74.9 Å². The van der Waals surface area contributed by atoms with Crippen LogP contribution in [0.4, 0.5) is 0 Å². The van der Waals surface area contributed by atoms with Gasteiger partial charge in [0.05, 0.1) is 0 Å². The Kier molecular flexibility index (Phi) is 13.2. The van der Waals surface area contributed by atoms with E-state index in [-0.39, 0.29) is 10.8 Å². The molecule has 0 aromatic heterocycles. The summed E-state index contributed by atoms with van der Waals surface area (Å²) in [5.41, 5.74) is 8.36. The van der Waals surface area contributed by atoms with Gasteiger partial charge in [0.1, 0.15) is 0 Å². The molecule has 0 unspecified atom stereocenters. The first-order chi connectivity index (χ1) is 21.6. The Bertz CT molecular complexity index is 1790. The van der Waals surface area contributed by atoms with Crippen LogP contribution in [0.3, 0.4) is 0 Å². The Balaban J connectivity index is 0.000000185. The molecule has 0 N–H and O–H groups in total. The van der Waals surface area contributed by atoms with E-state index >= 15 is 0 Å². The summed E-state index contributed by atoms with van der Waals surface area (Å²) in [6.07, 6.45) is 0. The quantitative estimate of drug-likeness (QED) is 0.120. The predicted molar refractivity (Wildman–Crippen MR) is 219 cm³/mol.